The molecule has 7 rings (SSSR count). The molecular weight excluding hydrogens is 448 g/mol. The molecule has 0 radical (unpaired) electrons. The van der Waals surface area contributed by atoms with E-state index in [-0.39, 0.29) is 5.54 Å². The maximum Gasteiger partial charge on any atom is 0.110 e. The van der Waals surface area contributed by atoms with Gasteiger partial charge in [-0.25, -0.2) is 0 Å². The Hall–Kier alpha value is -3.00. The minimum absolute atomic E-state index is 0.112. The highest BCUT2D eigenvalue weighted by atomic mass is 15.5. The molecule has 0 saturated heterocycles. The van der Waals surface area contributed by atoms with E-state index in [1.165, 1.54) is 91.6 Å². The standard InChI is InChI=1S/C35H40N2/c1-25-15-9-14-24-32(25)36-26(2)33-30-22-12-13-23-31(30)35(28-18-5-3-6-19-28,29-20-7-4-8-21-29)37(33)34(36)27-16-10-11-17-27/h3,5-6,9,12-15,18-19,22-24,27,29,34H,4,7-8,10-11,16-17,20-21H2,1-2H3. The summed E-state index contributed by atoms with van der Waals surface area (Å²) in [6.45, 7) is 4.70. The highest BCUT2D eigenvalue weighted by Gasteiger charge is 2.60. The topological polar surface area (TPSA) is 6.48 Å². The molecule has 0 spiro atoms. The fourth-order valence-corrected chi connectivity index (χ4v) is 8.59. The zero-order valence-electron chi connectivity index (χ0n) is 22.5. The normalized spacial score (nSPS) is 26.2. The van der Waals surface area contributed by atoms with Crippen molar-refractivity contribution in [1.82, 2.24) is 4.90 Å². The van der Waals surface area contributed by atoms with Gasteiger partial charge in [0, 0.05) is 16.9 Å². The van der Waals surface area contributed by atoms with E-state index in [0.717, 1.165) is 0 Å². The minimum Gasteiger partial charge on any atom is -0.334 e. The van der Waals surface area contributed by atoms with Gasteiger partial charge in [-0.05, 0) is 74.1 Å². The van der Waals surface area contributed by atoms with Crippen molar-refractivity contribution < 1.29 is 0 Å². The number of fused-ring (bicyclic) bond motifs is 3. The van der Waals surface area contributed by atoms with Gasteiger partial charge < -0.3 is 9.80 Å². The van der Waals surface area contributed by atoms with E-state index in [1.54, 1.807) is 5.56 Å². The van der Waals surface area contributed by atoms with Crippen LogP contribution in [0.25, 0.3) is 5.70 Å². The molecule has 2 saturated carbocycles. The van der Waals surface area contributed by atoms with Crippen LogP contribution >= 0.6 is 0 Å². The molecule has 0 amide bonds. The predicted octanol–water partition coefficient (Wildman–Crippen LogP) is 8.86. The number of nitrogens with zero attached hydrogens (tertiary/aromatic N) is 2. The summed E-state index contributed by atoms with van der Waals surface area (Å²) < 4.78 is 0. The highest BCUT2D eigenvalue weighted by Crippen LogP contribution is 2.63. The van der Waals surface area contributed by atoms with Crippen molar-refractivity contribution in [3.63, 3.8) is 0 Å². The molecule has 3 aromatic rings. The molecular formula is C35H40N2. The van der Waals surface area contributed by atoms with Crippen LogP contribution in [0.15, 0.2) is 84.6 Å². The number of aryl methyl sites for hydroxylation is 1. The Labute approximate surface area is 223 Å². The summed E-state index contributed by atoms with van der Waals surface area (Å²) in [6.07, 6.45) is 12.4. The van der Waals surface area contributed by atoms with Crippen LogP contribution in [0.2, 0.25) is 0 Å². The Morgan fingerprint density at radius 2 is 1.32 bits per heavy atom. The molecule has 0 aromatic heterocycles. The van der Waals surface area contributed by atoms with E-state index in [0.29, 0.717) is 18.0 Å². The number of rotatable bonds is 4. The average molecular weight is 489 g/mol. The monoisotopic (exact) mass is 488 g/mol. The molecule has 190 valence electrons. The summed E-state index contributed by atoms with van der Waals surface area (Å²) in [7, 11) is 0. The fourth-order valence-electron chi connectivity index (χ4n) is 8.59. The zero-order valence-corrected chi connectivity index (χ0v) is 22.5. The molecule has 2 fully saturated rings. The summed E-state index contributed by atoms with van der Waals surface area (Å²) in [5.74, 6) is 1.30. The number of hydrogen-bond donors (Lipinski definition) is 0. The van der Waals surface area contributed by atoms with Crippen molar-refractivity contribution in [1.29, 1.82) is 0 Å². The largest absolute Gasteiger partial charge is 0.334 e. The molecule has 2 aliphatic carbocycles. The lowest BCUT2D eigenvalue weighted by molar-refractivity contribution is 0.0587. The second-order valence-corrected chi connectivity index (χ2v) is 11.9. The summed E-state index contributed by atoms with van der Waals surface area (Å²) in [4.78, 5) is 5.75. The van der Waals surface area contributed by atoms with Crippen LogP contribution in [-0.4, -0.2) is 11.1 Å². The summed E-state index contributed by atoms with van der Waals surface area (Å²) in [5.41, 5.74) is 10.1. The molecule has 2 unspecified atom stereocenters. The first-order valence-corrected chi connectivity index (χ1v) is 14.7. The highest BCUT2D eigenvalue weighted by molar-refractivity contribution is 5.84. The van der Waals surface area contributed by atoms with Gasteiger partial charge in [-0.15, -0.1) is 0 Å². The number of hydrogen-bond acceptors (Lipinski definition) is 2. The van der Waals surface area contributed by atoms with Gasteiger partial charge >= 0.3 is 0 Å². The van der Waals surface area contributed by atoms with Crippen molar-refractivity contribution >= 4 is 11.4 Å². The third-order valence-corrected chi connectivity index (χ3v) is 10.1. The van der Waals surface area contributed by atoms with Gasteiger partial charge in [-0.1, -0.05) is 105 Å². The number of anilines is 1. The van der Waals surface area contributed by atoms with Crippen LogP contribution in [0.1, 0.15) is 87.0 Å². The van der Waals surface area contributed by atoms with Crippen LogP contribution in [0.4, 0.5) is 5.69 Å². The number of para-hydroxylation sites is 1. The van der Waals surface area contributed by atoms with Crippen molar-refractivity contribution in [2.45, 2.75) is 83.3 Å². The van der Waals surface area contributed by atoms with E-state index in [2.05, 4.69) is 103 Å². The number of allylic oxidation sites excluding steroid dienone is 1. The second-order valence-electron chi connectivity index (χ2n) is 11.9. The van der Waals surface area contributed by atoms with Gasteiger partial charge in [-0.3, -0.25) is 0 Å². The number of benzene rings is 3. The average Bonchev–Trinajstić information content (AvgIpc) is 3.65. The molecule has 2 heterocycles. The van der Waals surface area contributed by atoms with Crippen molar-refractivity contribution in [2.75, 3.05) is 4.90 Å². The van der Waals surface area contributed by atoms with Gasteiger partial charge in [0.25, 0.3) is 0 Å². The first-order valence-electron chi connectivity index (χ1n) is 14.7. The quantitative estimate of drug-likeness (QED) is 0.362. The van der Waals surface area contributed by atoms with E-state index in [4.69, 9.17) is 0 Å². The van der Waals surface area contributed by atoms with Crippen LogP contribution in [0, 0.1) is 18.8 Å². The molecule has 3 aromatic carbocycles. The van der Waals surface area contributed by atoms with Gasteiger partial charge in [0.2, 0.25) is 0 Å². The fraction of sp³-hybridized carbons (Fsp3) is 0.429. The van der Waals surface area contributed by atoms with Gasteiger partial charge in [0.05, 0.1) is 11.2 Å². The van der Waals surface area contributed by atoms with E-state index in [9.17, 15) is 0 Å². The van der Waals surface area contributed by atoms with E-state index in [1.807, 2.05) is 0 Å². The maximum atomic E-state index is 2.99. The van der Waals surface area contributed by atoms with Crippen LogP contribution in [0.3, 0.4) is 0 Å². The summed E-state index contributed by atoms with van der Waals surface area (Å²) >= 11 is 0. The smallest absolute Gasteiger partial charge is 0.110 e. The zero-order chi connectivity index (χ0) is 25.0. The lowest BCUT2D eigenvalue weighted by Crippen LogP contribution is -2.56. The lowest BCUT2D eigenvalue weighted by Gasteiger charge is -2.52. The van der Waals surface area contributed by atoms with Crippen molar-refractivity contribution in [3.8, 4) is 0 Å². The van der Waals surface area contributed by atoms with Gasteiger partial charge in [-0.2, -0.15) is 0 Å². The summed E-state index contributed by atoms with van der Waals surface area (Å²) in [5, 5.41) is 0. The van der Waals surface area contributed by atoms with Crippen molar-refractivity contribution in [2.24, 2.45) is 11.8 Å². The van der Waals surface area contributed by atoms with Crippen LogP contribution < -0.4 is 4.90 Å². The second kappa shape index (κ2) is 9.08. The van der Waals surface area contributed by atoms with Gasteiger partial charge in [0.1, 0.15) is 6.17 Å². The van der Waals surface area contributed by atoms with E-state index >= 15 is 0 Å². The summed E-state index contributed by atoms with van der Waals surface area (Å²) in [6, 6.07) is 30.1. The predicted molar refractivity (Wildman–Crippen MR) is 154 cm³/mol. The SMILES string of the molecule is CC1=C2c3ccccc3C(c3ccccc3)(C3CCCCC3)N2C(C2CCCC2)N1c1ccccc1C. The van der Waals surface area contributed by atoms with Crippen LogP contribution in [0.5, 0.6) is 0 Å². The molecule has 2 atom stereocenters. The molecule has 4 aliphatic rings. The van der Waals surface area contributed by atoms with Crippen LogP contribution in [-0.2, 0) is 5.54 Å². The Bertz CT molecular complexity index is 1310. The molecule has 2 nitrogen and oxygen atoms in total. The Morgan fingerprint density at radius 3 is 2.08 bits per heavy atom. The Balaban J connectivity index is 1.54. The molecule has 37 heavy (non-hydrogen) atoms. The first kappa shape index (κ1) is 23.1. The maximum absolute atomic E-state index is 2.99. The third-order valence-electron chi connectivity index (χ3n) is 10.1. The third kappa shape index (κ3) is 3.30. The lowest BCUT2D eigenvalue weighted by atomic mass is 9.67. The Morgan fingerprint density at radius 1 is 0.676 bits per heavy atom. The first-order chi connectivity index (χ1) is 18.2. The van der Waals surface area contributed by atoms with Crippen molar-refractivity contribution in [3.05, 3.63) is 107 Å². The van der Waals surface area contributed by atoms with Gasteiger partial charge in [0.15, 0.2) is 0 Å². The molecule has 2 aliphatic heterocycles. The minimum atomic E-state index is -0.112. The Kier molecular flexibility index (Phi) is 5.68. The molecule has 2 heteroatoms. The molecule has 0 bridgehead atoms. The molecule has 0 N–H and O–H groups in total. The van der Waals surface area contributed by atoms with E-state index < -0.39 is 0 Å².